The molecular formula is C21H24N2O. The van der Waals surface area contributed by atoms with Crippen LogP contribution in [0.2, 0.25) is 0 Å². The fourth-order valence-electron chi connectivity index (χ4n) is 4.45. The van der Waals surface area contributed by atoms with Gasteiger partial charge in [0.1, 0.15) is 0 Å². The van der Waals surface area contributed by atoms with Crippen LogP contribution in [-0.2, 0) is 17.6 Å². The quantitative estimate of drug-likeness (QED) is 0.805. The van der Waals surface area contributed by atoms with Crippen molar-refractivity contribution in [2.75, 3.05) is 13.1 Å². The molecule has 4 rings (SSSR count). The second-order valence-electron chi connectivity index (χ2n) is 7.07. The van der Waals surface area contributed by atoms with Gasteiger partial charge in [0.25, 0.3) is 0 Å². The minimum atomic E-state index is 0.202. The van der Waals surface area contributed by atoms with Crippen molar-refractivity contribution in [1.82, 2.24) is 9.88 Å². The van der Waals surface area contributed by atoms with Crippen LogP contribution in [0.1, 0.15) is 48.1 Å². The van der Waals surface area contributed by atoms with Gasteiger partial charge in [-0.05, 0) is 54.4 Å². The zero-order valence-corrected chi connectivity index (χ0v) is 14.2. The van der Waals surface area contributed by atoms with Gasteiger partial charge in [-0.2, -0.15) is 0 Å². The molecule has 3 heteroatoms. The zero-order valence-electron chi connectivity index (χ0n) is 14.2. The molecule has 1 aromatic heterocycles. The Morgan fingerprint density at radius 3 is 2.54 bits per heavy atom. The largest absolute Gasteiger partial charge is 0.343 e. The lowest BCUT2D eigenvalue weighted by atomic mass is 9.76. The van der Waals surface area contributed by atoms with E-state index in [0.717, 1.165) is 38.8 Å². The maximum absolute atomic E-state index is 11.6. The Morgan fingerprint density at radius 1 is 1.04 bits per heavy atom. The summed E-state index contributed by atoms with van der Waals surface area (Å²) in [5, 5.41) is 0. The van der Waals surface area contributed by atoms with Gasteiger partial charge < -0.3 is 4.90 Å². The molecule has 0 N–H and O–H groups in total. The molecule has 1 atom stereocenters. The van der Waals surface area contributed by atoms with E-state index in [4.69, 9.17) is 4.98 Å². The standard InChI is InChI=1S/C21H24N2O/c1-15(24)23-13-10-17(11-14-23)20-19-7-3-2-5-16(19)8-9-18-6-4-12-22-21(18)20/h2-7,12,17,20H,8-11,13-14H2,1H3. The van der Waals surface area contributed by atoms with Crippen LogP contribution < -0.4 is 0 Å². The molecular weight excluding hydrogens is 296 g/mol. The number of carbonyl (C=O) groups excluding carboxylic acids is 1. The fourth-order valence-corrected chi connectivity index (χ4v) is 4.45. The number of carbonyl (C=O) groups is 1. The number of aromatic nitrogens is 1. The Bertz CT molecular complexity index is 700. The number of likely N-dealkylation sites (tertiary alicyclic amines) is 1. The summed E-state index contributed by atoms with van der Waals surface area (Å²) in [7, 11) is 0. The predicted molar refractivity (Wildman–Crippen MR) is 94.9 cm³/mol. The van der Waals surface area contributed by atoms with E-state index in [9.17, 15) is 4.79 Å². The lowest BCUT2D eigenvalue weighted by molar-refractivity contribution is -0.130. The minimum absolute atomic E-state index is 0.202. The van der Waals surface area contributed by atoms with Gasteiger partial charge in [-0.15, -0.1) is 0 Å². The molecule has 124 valence electrons. The molecule has 1 aromatic carbocycles. The van der Waals surface area contributed by atoms with Crippen molar-refractivity contribution in [3.8, 4) is 0 Å². The molecule has 0 spiro atoms. The third-order valence-electron chi connectivity index (χ3n) is 5.73. The van der Waals surface area contributed by atoms with Gasteiger partial charge in [-0.25, -0.2) is 0 Å². The highest BCUT2D eigenvalue weighted by atomic mass is 16.2. The minimum Gasteiger partial charge on any atom is -0.343 e. The number of hydrogen-bond donors (Lipinski definition) is 0. The van der Waals surface area contributed by atoms with Crippen LogP contribution >= 0.6 is 0 Å². The van der Waals surface area contributed by atoms with Crippen LogP contribution in [0.4, 0.5) is 0 Å². The van der Waals surface area contributed by atoms with Crippen molar-refractivity contribution >= 4 is 5.91 Å². The SMILES string of the molecule is CC(=O)N1CCC(C2c3ccccc3CCc3cccnc32)CC1. The lowest BCUT2D eigenvalue weighted by Crippen LogP contribution is -2.38. The van der Waals surface area contributed by atoms with Crippen molar-refractivity contribution < 1.29 is 4.79 Å². The van der Waals surface area contributed by atoms with Gasteiger partial charge in [-0.1, -0.05) is 30.3 Å². The first-order valence-corrected chi connectivity index (χ1v) is 9.01. The number of piperidine rings is 1. The fraction of sp³-hybridized carbons (Fsp3) is 0.429. The van der Waals surface area contributed by atoms with E-state index in [2.05, 4.69) is 36.4 Å². The summed E-state index contributed by atoms with van der Waals surface area (Å²) in [6.07, 6.45) is 6.23. The van der Waals surface area contributed by atoms with Gasteiger partial charge in [0.15, 0.2) is 0 Å². The highest BCUT2D eigenvalue weighted by Gasteiger charge is 2.34. The van der Waals surface area contributed by atoms with E-state index in [0.29, 0.717) is 11.8 Å². The smallest absolute Gasteiger partial charge is 0.219 e. The van der Waals surface area contributed by atoms with E-state index in [-0.39, 0.29) is 5.91 Å². The summed E-state index contributed by atoms with van der Waals surface area (Å²) in [4.78, 5) is 18.4. The molecule has 3 nitrogen and oxygen atoms in total. The molecule has 1 saturated heterocycles. The summed E-state index contributed by atoms with van der Waals surface area (Å²) >= 11 is 0. The van der Waals surface area contributed by atoms with Crippen molar-refractivity contribution in [2.24, 2.45) is 5.92 Å². The number of hydrogen-bond acceptors (Lipinski definition) is 2. The lowest BCUT2D eigenvalue weighted by Gasteiger charge is -2.36. The first kappa shape index (κ1) is 15.4. The number of benzene rings is 1. The third-order valence-corrected chi connectivity index (χ3v) is 5.73. The molecule has 1 unspecified atom stereocenters. The number of pyridine rings is 1. The maximum Gasteiger partial charge on any atom is 0.219 e. The molecule has 1 aliphatic heterocycles. The van der Waals surface area contributed by atoms with E-state index in [1.807, 2.05) is 11.1 Å². The Hall–Kier alpha value is -2.16. The summed E-state index contributed by atoms with van der Waals surface area (Å²) in [5.74, 6) is 1.13. The van der Waals surface area contributed by atoms with Crippen LogP contribution in [0.5, 0.6) is 0 Å². The van der Waals surface area contributed by atoms with Gasteiger partial charge >= 0.3 is 0 Å². The Morgan fingerprint density at radius 2 is 1.75 bits per heavy atom. The van der Waals surface area contributed by atoms with Crippen LogP contribution in [0.15, 0.2) is 42.6 Å². The van der Waals surface area contributed by atoms with Crippen LogP contribution in [0.3, 0.4) is 0 Å². The van der Waals surface area contributed by atoms with Crippen molar-refractivity contribution in [3.63, 3.8) is 0 Å². The maximum atomic E-state index is 11.6. The van der Waals surface area contributed by atoms with Gasteiger partial charge in [0, 0.05) is 32.1 Å². The Balaban J connectivity index is 1.72. The van der Waals surface area contributed by atoms with Crippen LogP contribution in [0, 0.1) is 5.92 Å². The predicted octanol–water partition coefficient (Wildman–Crippen LogP) is 3.57. The molecule has 0 radical (unpaired) electrons. The van der Waals surface area contributed by atoms with Crippen molar-refractivity contribution in [2.45, 2.75) is 38.5 Å². The highest BCUT2D eigenvalue weighted by Crippen LogP contribution is 2.41. The molecule has 1 fully saturated rings. The second-order valence-corrected chi connectivity index (χ2v) is 7.07. The van der Waals surface area contributed by atoms with Crippen molar-refractivity contribution in [1.29, 1.82) is 0 Å². The summed E-state index contributed by atoms with van der Waals surface area (Å²) in [6, 6.07) is 13.2. The van der Waals surface area contributed by atoms with E-state index < -0.39 is 0 Å². The number of aryl methyl sites for hydroxylation is 2. The van der Waals surface area contributed by atoms with Gasteiger partial charge in [0.2, 0.25) is 5.91 Å². The Labute approximate surface area is 143 Å². The second kappa shape index (κ2) is 6.39. The summed E-state index contributed by atoms with van der Waals surface area (Å²) in [6.45, 7) is 3.43. The summed E-state index contributed by atoms with van der Waals surface area (Å²) < 4.78 is 0. The molecule has 0 bridgehead atoms. The van der Waals surface area contributed by atoms with E-state index in [1.54, 1.807) is 6.92 Å². The van der Waals surface area contributed by atoms with Gasteiger partial charge in [0.05, 0.1) is 5.69 Å². The normalized spacial score (nSPS) is 20.9. The van der Waals surface area contributed by atoms with Crippen LogP contribution in [0.25, 0.3) is 0 Å². The summed E-state index contributed by atoms with van der Waals surface area (Å²) in [5.41, 5.74) is 5.59. The molecule has 2 heterocycles. The number of fused-ring (bicyclic) bond motifs is 2. The molecule has 1 amide bonds. The number of nitrogens with zero attached hydrogens (tertiary/aromatic N) is 2. The molecule has 24 heavy (non-hydrogen) atoms. The van der Waals surface area contributed by atoms with Gasteiger partial charge in [-0.3, -0.25) is 9.78 Å². The van der Waals surface area contributed by atoms with Crippen molar-refractivity contribution in [3.05, 3.63) is 65.0 Å². The zero-order chi connectivity index (χ0) is 16.5. The molecule has 2 aliphatic rings. The average molecular weight is 320 g/mol. The first-order chi connectivity index (χ1) is 11.7. The monoisotopic (exact) mass is 320 g/mol. The van der Waals surface area contributed by atoms with E-state index in [1.165, 1.54) is 22.4 Å². The molecule has 2 aromatic rings. The highest BCUT2D eigenvalue weighted by molar-refractivity contribution is 5.73. The average Bonchev–Trinajstić information content (AvgIpc) is 2.79. The van der Waals surface area contributed by atoms with Crippen LogP contribution in [-0.4, -0.2) is 28.9 Å². The number of amides is 1. The third kappa shape index (κ3) is 2.72. The Kier molecular flexibility index (Phi) is 4.09. The molecule has 1 aliphatic carbocycles. The first-order valence-electron chi connectivity index (χ1n) is 9.01. The molecule has 0 saturated carbocycles. The van der Waals surface area contributed by atoms with E-state index >= 15 is 0 Å². The number of rotatable bonds is 1. The topological polar surface area (TPSA) is 33.2 Å².